The highest BCUT2D eigenvalue weighted by Crippen LogP contribution is 2.25. The van der Waals surface area contributed by atoms with Crippen LogP contribution in [0.15, 0.2) is 60.7 Å². The molecule has 0 saturated carbocycles. The molecule has 0 fully saturated rings. The fourth-order valence-corrected chi connectivity index (χ4v) is 3.43. The van der Waals surface area contributed by atoms with E-state index >= 15 is 0 Å². The fraction of sp³-hybridized carbons (Fsp3) is 0.192. The number of benzene rings is 3. The number of carbonyl (C=O) groups is 3. The van der Waals surface area contributed by atoms with Gasteiger partial charge in [0.25, 0.3) is 11.8 Å². The highest BCUT2D eigenvalue weighted by molar-refractivity contribution is 6.31. The van der Waals surface area contributed by atoms with E-state index in [4.69, 9.17) is 11.6 Å². The van der Waals surface area contributed by atoms with E-state index < -0.39 is 11.9 Å². The molecular formula is C26H25ClN2O4. The van der Waals surface area contributed by atoms with Gasteiger partial charge in [-0.2, -0.15) is 0 Å². The first-order valence-electron chi connectivity index (χ1n) is 10.3. The Morgan fingerprint density at radius 2 is 1.48 bits per heavy atom. The molecule has 0 aliphatic rings. The van der Waals surface area contributed by atoms with Crippen molar-refractivity contribution in [1.29, 1.82) is 0 Å². The molecule has 0 spiro atoms. The molecule has 0 aliphatic heterocycles. The second kappa shape index (κ2) is 9.46. The minimum Gasteiger partial charge on any atom is -0.478 e. The summed E-state index contributed by atoms with van der Waals surface area (Å²) in [4.78, 5) is 37.1. The number of carbonyl (C=O) groups excluding carboxylic acids is 2. The summed E-state index contributed by atoms with van der Waals surface area (Å²) in [5.41, 5.74) is 2.94. The molecule has 3 rings (SSSR count). The number of halogens is 1. The first kappa shape index (κ1) is 24.0. The Morgan fingerprint density at radius 3 is 2.09 bits per heavy atom. The summed E-state index contributed by atoms with van der Waals surface area (Å²) < 4.78 is 0. The number of hydrogen-bond acceptors (Lipinski definition) is 3. The van der Waals surface area contributed by atoms with Gasteiger partial charge in [0.2, 0.25) is 0 Å². The van der Waals surface area contributed by atoms with Gasteiger partial charge in [-0.15, -0.1) is 0 Å². The Kier molecular flexibility index (Phi) is 6.89. The summed E-state index contributed by atoms with van der Waals surface area (Å²) in [6.07, 6.45) is 0. The minimum absolute atomic E-state index is 0.0380. The molecule has 170 valence electrons. The van der Waals surface area contributed by atoms with Gasteiger partial charge in [0, 0.05) is 16.3 Å². The summed E-state index contributed by atoms with van der Waals surface area (Å²) in [5.74, 6) is -1.97. The van der Waals surface area contributed by atoms with Crippen LogP contribution in [0.4, 0.5) is 11.4 Å². The van der Waals surface area contributed by atoms with Crippen molar-refractivity contribution in [2.45, 2.75) is 33.1 Å². The summed E-state index contributed by atoms with van der Waals surface area (Å²) in [5, 5.41) is 15.1. The van der Waals surface area contributed by atoms with E-state index in [0.717, 1.165) is 5.56 Å². The Labute approximate surface area is 197 Å². The van der Waals surface area contributed by atoms with Crippen LogP contribution in [-0.2, 0) is 5.41 Å². The normalized spacial score (nSPS) is 11.1. The number of rotatable bonds is 5. The van der Waals surface area contributed by atoms with E-state index in [-0.39, 0.29) is 28.1 Å². The second-order valence-corrected chi connectivity index (χ2v) is 9.20. The number of aromatic carboxylic acids is 1. The molecule has 0 heterocycles. The predicted octanol–water partition coefficient (Wildman–Crippen LogP) is 6.15. The van der Waals surface area contributed by atoms with Crippen LogP contribution in [0.3, 0.4) is 0 Å². The Bertz CT molecular complexity index is 1230. The lowest BCUT2D eigenvalue weighted by atomic mass is 9.86. The fourth-order valence-electron chi connectivity index (χ4n) is 3.26. The van der Waals surface area contributed by atoms with Gasteiger partial charge in [0.1, 0.15) is 0 Å². The Balaban J connectivity index is 1.84. The van der Waals surface area contributed by atoms with Gasteiger partial charge in [-0.1, -0.05) is 50.6 Å². The summed E-state index contributed by atoms with van der Waals surface area (Å²) in [7, 11) is 0. The van der Waals surface area contributed by atoms with Gasteiger partial charge in [0.05, 0.1) is 16.8 Å². The minimum atomic E-state index is -1.08. The van der Waals surface area contributed by atoms with Crippen LogP contribution in [0.1, 0.15) is 63.0 Å². The molecule has 2 amide bonds. The molecule has 0 atom stereocenters. The third-order valence-corrected chi connectivity index (χ3v) is 5.45. The summed E-state index contributed by atoms with van der Waals surface area (Å²) in [6, 6.07) is 16.4. The van der Waals surface area contributed by atoms with Crippen LogP contribution in [0.25, 0.3) is 0 Å². The van der Waals surface area contributed by atoms with Crippen molar-refractivity contribution in [3.05, 3.63) is 93.5 Å². The predicted molar refractivity (Wildman–Crippen MR) is 131 cm³/mol. The highest BCUT2D eigenvalue weighted by atomic mass is 35.5. The maximum Gasteiger partial charge on any atom is 0.336 e. The number of carboxylic acids is 1. The van der Waals surface area contributed by atoms with E-state index in [0.29, 0.717) is 21.8 Å². The average molecular weight is 465 g/mol. The van der Waals surface area contributed by atoms with Crippen LogP contribution >= 0.6 is 11.6 Å². The third-order valence-electron chi connectivity index (χ3n) is 5.21. The molecule has 33 heavy (non-hydrogen) atoms. The first-order chi connectivity index (χ1) is 15.5. The molecule has 3 aromatic rings. The van der Waals surface area contributed by atoms with Crippen molar-refractivity contribution >= 4 is 40.8 Å². The topological polar surface area (TPSA) is 95.5 Å². The molecule has 3 aromatic carbocycles. The van der Waals surface area contributed by atoms with Gasteiger partial charge in [-0.05, 0) is 65.9 Å². The quantitative estimate of drug-likeness (QED) is 0.422. The molecule has 0 aromatic heterocycles. The van der Waals surface area contributed by atoms with E-state index in [1.807, 2.05) is 12.1 Å². The lowest BCUT2D eigenvalue weighted by Gasteiger charge is -2.19. The largest absolute Gasteiger partial charge is 0.478 e. The molecule has 0 radical (unpaired) electrons. The van der Waals surface area contributed by atoms with Crippen LogP contribution in [0, 0.1) is 6.92 Å². The van der Waals surface area contributed by atoms with Crippen molar-refractivity contribution in [1.82, 2.24) is 0 Å². The van der Waals surface area contributed by atoms with Crippen LogP contribution in [-0.4, -0.2) is 22.9 Å². The SMILES string of the molecule is Cc1ccc(NC(=O)c2ccc(Cl)cc2NC(=O)c2ccc(C(C)(C)C)cc2)cc1C(=O)O. The van der Waals surface area contributed by atoms with Gasteiger partial charge in [0.15, 0.2) is 0 Å². The molecule has 7 heteroatoms. The average Bonchev–Trinajstić information content (AvgIpc) is 2.74. The molecule has 0 aliphatic carbocycles. The number of carboxylic acid groups (broad SMARTS) is 1. The molecule has 6 nitrogen and oxygen atoms in total. The number of aryl methyl sites for hydroxylation is 1. The van der Waals surface area contributed by atoms with E-state index in [1.165, 1.54) is 18.2 Å². The number of amides is 2. The maximum atomic E-state index is 12.9. The monoisotopic (exact) mass is 464 g/mol. The number of anilines is 2. The molecule has 3 N–H and O–H groups in total. The highest BCUT2D eigenvalue weighted by Gasteiger charge is 2.18. The van der Waals surface area contributed by atoms with Crippen molar-refractivity contribution in [3.8, 4) is 0 Å². The Hall–Kier alpha value is -3.64. The van der Waals surface area contributed by atoms with Crippen molar-refractivity contribution in [3.63, 3.8) is 0 Å². The molecular weight excluding hydrogens is 440 g/mol. The molecule has 0 bridgehead atoms. The van der Waals surface area contributed by atoms with Crippen LogP contribution < -0.4 is 10.6 Å². The van der Waals surface area contributed by atoms with Crippen LogP contribution in [0.2, 0.25) is 5.02 Å². The van der Waals surface area contributed by atoms with Gasteiger partial charge in [-0.3, -0.25) is 9.59 Å². The van der Waals surface area contributed by atoms with Gasteiger partial charge in [-0.25, -0.2) is 4.79 Å². The van der Waals surface area contributed by atoms with E-state index in [9.17, 15) is 19.5 Å². The smallest absolute Gasteiger partial charge is 0.336 e. The summed E-state index contributed by atoms with van der Waals surface area (Å²) in [6.45, 7) is 7.95. The number of hydrogen-bond donors (Lipinski definition) is 3. The van der Waals surface area contributed by atoms with Crippen LogP contribution in [0.5, 0.6) is 0 Å². The second-order valence-electron chi connectivity index (χ2n) is 8.76. The molecule has 0 unspecified atom stereocenters. The van der Waals surface area contributed by atoms with Crippen molar-refractivity contribution < 1.29 is 19.5 Å². The van der Waals surface area contributed by atoms with Crippen molar-refractivity contribution in [2.24, 2.45) is 0 Å². The number of nitrogens with one attached hydrogen (secondary N) is 2. The summed E-state index contributed by atoms with van der Waals surface area (Å²) >= 11 is 6.11. The lowest BCUT2D eigenvalue weighted by Crippen LogP contribution is -2.19. The zero-order chi connectivity index (χ0) is 24.3. The van der Waals surface area contributed by atoms with Gasteiger partial charge < -0.3 is 15.7 Å². The Morgan fingerprint density at radius 1 is 0.818 bits per heavy atom. The van der Waals surface area contributed by atoms with Gasteiger partial charge >= 0.3 is 5.97 Å². The van der Waals surface area contributed by atoms with E-state index in [2.05, 4.69) is 31.4 Å². The first-order valence-corrected chi connectivity index (χ1v) is 10.7. The zero-order valence-corrected chi connectivity index (χ0v) is 19.6. The third kappa shape index (κ3) is 5.79. The lowest BCUT2D eigenvalue weighted by molar-refractivity contribution is 0.0695. The zero-order valence-electron chi connectivity index (χ0n) is 18.8. The molecule has 0 saturated heterocycles. The standard InChI is InChI=1S/C26H25ClN2O4/c1-15-5-11-19(14-21(15)25(32)33)28-24(31)20-12-10-18(27)13-22(20)29-23(30)16-6-8-17(9-7-16)26(2,3)4/h5-14H,1-4H3,(H,28,31)(H,29,30)(H,32,33). The van der Waals surface area contributed by atoms with Crippen molar-refractivity contribution in [2.75, 3.05) is 10.6 Å². The maximum absolute atomic E-state index is 12.9. The van der Waals surface area contributed by atoms with E-state index in [1.54, 1.807) is 37.3 Å².